The van der Waals surface area contributed by atoms with Gasteiger partial charge in [-0.1, -0.05) is 38.8 Å². The second kappa shape index (κ2) is 4.37. The van der Waals surface area contributed by atoms with Gasteiger partial charge in [-0.2, -0.15) is 0 Å². The molecule has 0 radical (unpaired) electrons. The molecule has 4 aliphatic carbocycles. The van der Waals surface area contributed by atoms with Gasteiger partial charge in [-0.05, 0) is 85.9 Å². The van der Waals surface area contributed by atoms with E-state index in [1.54, 1.807) is 12.0 Å². The standard InChI is InChI=1S/C20H32/c1-14-7-10-17-16-9-8-15-6-4-5-12-20(15,3)18(16)11-13-19(14,17)2/h15-18H,1,4-13H2,2-3H3/t15?,16?,17?,18?,19-,20+/m1/s1. The van der Waals surface area contributed by atoms with Crippen LogP contribution in [0.3, 0.4) is 0 Å². The van der Waals surface area contributed by atoms with Crippen LogP contribution >= 0.6 is 0 Å². The van der Waals surface area contributed by atoms with Gasteiger partial charge >= 0.3 is 0 Å². The van der Waals surface area contributed by atoms with E-state index in [1.807, 2.05) is 0 Å². The van der Waals surface area contributed by atoms with Gasteiger partial charge in [0.1, 0.15) is 0 Å². The Morgan fingerprint density at radius 2 is 1.75 bits per heavy atom. The average Bonchev–Trinajstić information content (AvgIpc) is 2.74. The van der Waals surface area contributed by atoms with E-state index in [9.17, 15) is 0 Å². The molecule has 0 aromatic rings. The van der Waals surface area contributed by atoms with Crippen molar-refractivity contribution in [1.82, 2.24) is 0 Å². The van der Waals surface area contributed by atoms with Crippen molar-refractivity contribution in [2.75, 3.05) is 0 Å². The fourth-order valence-corrected chi connectivity index (χ4v) is 7.20. The van der Waals surface area contributed by atoms with Crippen LogP contribution in [0.5, 0.6) is 0 Å². The molecule has 0 heterocycles. The van der Waals surface area contributed by atoms with Crippen LogP contribution < -0.4 is 0 Å². The largest absolute Gasteiger partial charge is 0.0993 e. The zero-order valence-corrected chi connectivity index (χ0v) is 13.6. The molecule has 4 aliphatic rings. The Morgan fingerprint density at radius 3 is 2.60 bits per heavy atom. The lowest BCUT2D eigenvalue weighted by atomic mass is 9.45. The third kappa shape index (κ3) is 1.60. The quantitative estimate of drug-likeness (QED) is 0.476. The Hall–Kier alpha value is -0.260. The minimum atomic E-state index is 0.513. The van der Waals surface area contributed by atoms with Crippen LogP contribution in [-0.4, -0.2) is 0 Å². The molecule has 0 aromatic heterocycles. The maximum absolute atomic E-state index is 4.45. The molecule has 4 rings (SSSR count). The first kappa shape index (κ1) is 13.4. The number of allylic oxidation sites excluding steroid dienone is 1. The molecule has 0 nitrogen and oxygen atoms in total. The van der Waals surface area contributed by atoms with Gasteiger partial charge in [0.15, 0.2) is 0 Å². The van der Waals surface area contributed by atoms with E-state index in [-0.39, 0.29) is 0 Å². The summed E-state index contributed by atoms with van der Waals surface area (Å²) < 4.78 is 0. The van der Waals surface area contributed by atoms with Crippen LogP contribution in [0.1, 0.15) is 78.1 Å². The van der Waals surface area contributed by atoms with Gasteiger partial charge in [-0.25, -0.2) is 0 Å². The summed E-state index contributed by atoms with van der Waals surface area (Å²) in [4.78, 5) is 0. The molecular formula is C20H32. The van der Waals surface area contributed by atoms with Gasteiger partial charge in [-0.3, -0.25) is 0 Å². The molecule has 20 heavy (non-hydrogen) atoms. The van der Waals surface area contributed by atoms with Crippen molar-refractivity contribution < 1.29 is 0 Å². The van der Waals surface area contributed by atoms with Crippen molar-refractivity contribution in [3.63, 3.8) is 0 Å². The van der Waals surface area contributed by atoms with Gasteiger partial charge in [0.2, 0.25) is 0 Å². The second-order valence-corrected chi connectivity index (χ2v) is 9.00. The van der Waals surface area contributed by atoms with Crippen LogP contribution in [0, 0.1) is 34.5 Å². The summed E-state index contributed by atoms with van der Waals surface area (Å²) in [7, 11) is 0. The number of hydrogen-bond donors (Lipinski definition) is 0. The van der Waals surface area contributed by atoms with E-state index in [4.69, 9.17) is 0 Å². The smallest absolute Gasteiger partial charge is 0.00879 e. The number of rotatable bonds is 0. The van der Waals surface area contributed by atoms with E-state index in [0.29, 0.717) is 10.8 Å². The van der Waals surface area contributed by atoms with Crippen LogP contribution in [0.4, 0.5) is 0 Å². The Morgan fingerprint density at radius 1 is 0.900 bits per heavy atom. The highest BCUT2D eigenvalue weighted by molar-refractivity contribution is 5.21. The average molecular weight is 272 g/mol. The second-order valence-electron chi connectivity index (χ2n) is 9.00. The molecule has 0 saturated heterocycles. The van der Waals surface area contributed by atoms with Gasteiger partial charge in [0.05, 0.1) is 0 Å². The van der Waals surface area contributed by atoms with Crippen LogP contribution in [-0.2, 0) is 0 Å². The van der Waals surface area contributed by atoms with Crippen molar-refractivity contribution in [3.8, 4) is 0 Å². The molecule has 0 spiro atoms. The lowest BCUT2D eigenvalue weighted by Gasteiger charge is -2.60. The summed E-state index contributed by atoms with van der Waals surface area (Å²) in [6.07, 6.45) is 14.9. The molecule has 0 aromatic carbocycles. The summed E-state index contributed by atoms with van der Waals surface area (Å²) in [6, 6.07) is 0. The summed E-state index contributed by atoms with van der Waals surface area (Å²) in [5, 5.41) is 0. The van der Waals surface area contributed by atoms with Crippen molar-refractivity contribution in [3.05, 3.63) is 12.2 Å². The van der Waals surface area contributed by atoms with E-state index < -0.39 is 0 Å². The van der Waals surface area contributed by atoms with Crippen molar-refractivity contribution in [2.45, 2.75) is 78.1 Å². The van der Waals surface area contributed by atoms with E-state index in [1.165, 1.54) is 57.8 Å². The number of fused-ring (bicyclic) bond motifs is 5. The summed E-state index contributed by atoms with van der Waals surface area (Å²) >= 11 is 0. The molecule has 0 heteroatoms. The lowest BCUT2D eigenvalue weighted by molar-refractivity contribution is -0.0972. The highest BCUT2D eigenvalue weighted by Crippen LogP contribution is 2.67. The molecule has 0 amide bonds. The molecule has 6 atom stereocenters. The molecule has 112 valence electrons. The maximum atomic E-state index is 4.45. The topological polar surface area (TPSA) is 0 Å². The SMILES string of the molecule is C=C1CCC2C3CCC4CCCC[C@]4(C)C3CC[C@]12C. The first-order chi connectivity index (χ1) is 9.56. The van der Waals surface area contributed by atoms with Crippen LogP contribution in [0.2, 0.25) is 0 Å². The first-order valence-electron chi connectivity index (χ1n) is 9.24. The van der Waals surface area contributed by atoms with E-state index in [0.717, 1.165) is 23.7 Å². The third-order valence-corrected chi connectivity index (χ3v) is 8.54. The van der Waals surface area contributed by atoms with Crippen molar-refractivity contribution in [1.29, 1.82) is 0 Å². The zero-order chi connectivity index (χ0) is 14.0. The Kier molecular flexibility index (Phi) is 2.93. The monoisotopic (exact) mass is 272 g/mol. The van der Waals surface area contributed by atoms with Crippen molar-refractivity contribution in [2.24, 2.45) is 34.5 Å². The summed E-state index contributed by atoms with van der Waals surface area (Å²) in [5.74, 6) is 4.12. The normalized spacial score (nSPS) is 55.0. The molecule has 4 unspecified atom stereocenters. The summed E-state index contributed by atoms with van der Waals surface area (Å²) in [6.45, 7) is 9.68. The first-order valence-corrected chi connectivity index (χ1v) is 9.24. The molecule has 0 N–H and O–H groups in total. The fraction of sp³-hybridized carbons (Fsp3) is 0.900. The van der Waals surface area contributed by atoms with Gasteiger partial charge in [0, 0.05) is 0 Å². The summed E-state index contributed by atoms with van der Waals surface area (Å²) in [5.41, 5.74) is 2.81. The number of hydrogen-bond acceptors (Lipinski definition) is 0. The predicted octanol–water partition coefficient (Wildman–Crippen LogP) is 5.98. The van der Waals surface area contributed by atoms with Crippen molar-refractivity contribution >= 4 is 0 Å². The van der Waals surface area contributed by atoms with E-state index >= 15 is 0 Å². The minimum absolute atomic E-state index is 0.513. The van der Waals surface area contributed by atoms with Gasteiger partial charge < -0.3 is 0 Å². The highest BCUT2D eigenvalue weighted by atomic mass is 14.6. The van der Waals surface area contributed by atoms with Gasteiger partial charge in [-0.15, -0.1) is 0 Å². The molecule has 0 aliphatic heterocycles. The highest BCUT2D eigenvalue weighted by Gasteiger charge is 2.57. The lowest BCUT2D eigenvalue weighted by Crippen LogP contribution is -2.51. The Labute approximate surface area is 125 Å². The minimum Gasteiger partial charge on any atom is -0.0993 e. The Bertz CT molecular complexity index is 422. The van der Waals surface area contributed by atoms with Crippen LogP contribution in [0.25, 0.3) is 0 Å². The predicted molar refractivity (Wildman–Crippen MR) is 85.5 cm³/mol. The molecule has 0 bridgehead atoms. The maximum Gasteiger partial charge on any atom is -0.00879 e. The Balaban J connectivity index is 1.66. The van der Waals surface area contributed by atoms with Crippen LogP contribution in [0.15, 0.2) is 12.2 Å². The molecule has 4 fully saturated rings. The molecular weight excluding hydrogens is 240 g/mol. The third-order valence-electron chi connectivity index (χ3n) is 8.54. The van der Waals surface area contributed by atoms with E-state index in [2.05, 4.69) is 20.4 Å². The van der Waals surface area contributed by atoms with Gasteiger partial charge in [0.25, 0.3) is 0 Å². The zero-order valence-electron chi connectivity index (χ0n) is 13.6. The molecule has 4 saturated carbocycles. The fourth-order valence-electron chi connectivity index (χ4n) is 7.20.